The molecule has 1 fully saturated rings. The van der Waals surface area contributed by atoms with Crippen molar-refractivity contribution in [2.24, 2.45) is 0 Å². The molecule has 1 unspecified atom stereocenters. The second kappa shape index (κ2) is 4.49. The third-order valence-electron chi connectivity index (χ3n) is 2.73. The first-order chi connectivity index (χ1) is 7.23. The van der Waals surface area contributed by atoms with E-state index in [0.717, 1.165) is 18.9 Å². The van der Waals surface area contributed by atoms with Gasteiger partial charge in [-0.1, -0.05) is 0 Å². The van der Waals surface area contributed by atoms with Crippen LogP contribution in [0.1, 0.15) is 25.6 Å². The molecule has 0 radical (unpaired) electrons. The van der Waals surface area contributed by atoms with E-state index in [1.165, 1.54) is 18.6 Å². The number of tetrazole rings is 1. The quantitative estimate of drug-likeness (QED) is 0.819. The smallest absolute Gasteiger partial charge is 0.165 e. The van der Waals surface area contributed by atoms with Gasteiger partial charge >= 0.3 is 0 Å². The highest BCUT2D eigenvalue weighted by Crippen LogP contribution is 2.38. The second-order valence-electron chi connectivity index (χ2n) is 4.19. The number of hydrogen-bond donors (Lipinski definition) is 1. The number of hydrogen-bond acceptors (Lipinski definition) is 5. The maximum Gasteiger partial charge on any atom is 0.165 e. The van der Waals surface area contributed by atoms with Crippen LogP contribution < -0.4 is 5.32 Å². The van der Waals surface area contributed by atoms with Crippen molar-refractivity contribution in [3.05, 3.63) is 5.82 Å². The molecule has 6 heteroatoms. The largest absolute Gasteiger partial charge is 0.313 e. The average molecular weight is 227 g/mol. The summed E-state index contributed by atoms with van der Waals surface area (Å²) in [5.74, 6) is 2.19. The Morgan fingerprint density at radius 3 is 3.13 bits per heavy atom. The molecule has 1 saturated heterocycles. The van der Waals surface area contributed by atoms with Crippen LogP contribution in [0.4, 0.5) is 0 Å². The van der Waals surface area contributed by atoms with Gasteiger partial charge in [-0.2, -0.15) is 11.8 Å². The molecule has 2 rings (SSSR count). The van der Waals surface area contributed by atoms with Gasteiger partial charge in [-0.25, -0.2) is 4.68 Å². The van der Waals surface area contributed by atoms with Crippen LogP contribution in [0.15, 0.2) is 0 Å². The maximum absolute atomic E-state index is 4.05. The van der Waals surface area contributed by atoms with Crippen LogP contribution in [-0.4, -0.2) is 37.8 Å². The van der Waals surface area contributed by atoms with Crippen LogP contribution in [0.25, 0.3) is 0 Å². The lowest BCUT2D eigenvalue weighted by atomic mass is 10.1. The summed E-state index contributed by atoms with van der Waals surface area (Å²) < 4.78 is 2.24. The Bertz CT molecular complexity index is 318. The van der Waals surface area contributed by atoms with Crippen molar-refractivity contribution >= 4 is 11.8 Å². The minimum Gasteiger partial charge on any atom is -0.313 e. The molecule has 1 aromatic heterocycles. The molecule has 0 spiro atoms. The van der Waals surface area contributed by atoms with Gasteiger partial charge in [0.15, 0.2) is 5.82 Å². The zero-order valence-electron chi connectivity index (χ0n) is 9.23. The van der Waals surface area contributed by atoms with Gasteiger partial charge in [0.05, 0.1) is 13.1 Å². The van der Waals surface area contributed by atoms with Gasteiger partial charge in [0, 0.05) is 4.75 Å². The molecule has 1 aliphatic heterocycles. The number of aromatic nitrogens is 4. The molecule has 84 valence electrons. The molecular formula is C9H17N5S. The van der Waals surface area contributed by atoms with Crippen LogP contribution in [0, 0.1) is 0 Å². The highest BCUT2D eigenvalue weighted by molar-refractivity contribution is 8.00. The Balaban J connectivity index is 2.06. The van der Waals surface area contributed by atoms with E-state index in [1.54, 1.807) is 0 Å². The van der Waals surface area contributed by atoms with E-state index in [9.17, 15) is 0 Å². The third kappa shape index (κ3) is 2.49. The standard InChI is InChI=1S/C9H17N5S/c1-9(4-3-5-15-9)7-14-8(6-10-2)11-12-13-14/h10H,3-7H2,1-2H3. The van der Waals surface area contributed by atoms with Crippen LogP contribution in [-0.2, 0) is 13.1 Å². The van der Waals surface area contributed by atoms with Gasteiger partial charge < -0.3 is 5.32 Å². The van der Waals surface area contributed by atoms with Gasteiger partial charge in [0.25, 0.3) is 0 Å². The lowest BCUT2D eigenvalue weighted by molar-refractivity contribution is 0.451. The minimum absolute atomic E-state index is 0.317. The summed E-state index contributed by atoms with van der Waals surface area (Å²) in [6.45, 7) is 3.95. The lowest BCUT2D eigenvalue weighted by Gasteiger charge is -2.22. The first-order valence-corrected chi connectivity index (χ1v) is 6.26. The predicted molar refractivity (Wildman–Crippen MR) is 60.7 cm³/mol. The van der Waals surface area contributed by atoms with E-state index < -0.39 is 0 Å². The topological polar surface area (TPSA) is 55.6 Å². The van der Waals surface area contributed by atoms with E-state index in [2.05, 4.69) is 27.8 Å². The molecule has 0 aromatic carbocycles. The van der Waals surface area contributed by atoms with Gasteiger partial charge in [0.1, 0.15) is 0 Å². The minimum atomic E-state index is 0.317. The Kier molecular flexibility index (Phi) is 3.25. The molecule has 0 saturated carbocycles. The summed E-state index contributed by atoms with van der Waals surface area (Å²) in [5.41, 5.74) is 0. The van der Waals surface area contributed by atoms with Crippen molar-refractivity contribution in [3.63, 3.8) is 0 Å². The SMILES string of the molecule is CNCc1nnnn1CC1(C)CCCS1. The van der Waals surface area contributed by atoms with Crippen molar-refractivity contribution in [1.29, 1.82) is 0 Å². The van der Waals surface area contributed by atoms with E-state index >= 15 is 0 Å². The van der Waals surface area contributed by atoms with Crippen LogP contribution in [0.2, 0.25) is 0 Å². The fourth-order valence-electron chi connectivity index (χ4n) is 1.91. The average Bonchev–Trinajstić information content (AvgIpc) is 2.78. The molecule has 5 nitrogen and oxygen atoms in total. The maximum atomic E-state index is 4.05. The highest BCUT2D eigenvalue weighted by Gasteiger charge is 2.31. The van der Waals surface area contributed by atoms with E-state index in [-0.39, 0.29) is 0 Å². The number of nitrogens with one attached hydrogen (secondary N) is 1. The molecule has 15 heavy (non-hydrogen) atoms. The molecule has 2 heterocycles. The Morgan fingerprint density at radius 1 is 1.60 bits per heavy atom. The Labute approximate surface area is 94.0 Å². The van der Waals surface area contributed by atoms with Crippen LogP contribution in [0.5, 0.6) is 0 Å². The summed E-state index contributed by atoms with van der Waals surface area (Å²) in [5, 5.41) is 14.9. The fourth-order valence-corrected chi connectivity index (χ4v) is 3.19. The molecule has 1 atom stereocenters. The van der Waals surface area contributed by atoms with E-state index in [4.69, 9.17) is 0 Å². The molecule has 1 N–H and O–H groups in total. The van der Waals surface area contributed by atoms with Crippen LogP contribution >= 0.6 is 11.8 Å². The summed E-state index contributed by atoms with van der Waals surface area (Å²) in [6, 6.07) is 0. The summed E-state index contributed by atoms with van der Waals surface area (Å²) >= 11 is 2.03. The van der Waals surface area contributed by atoms with E-state index in [1.807, 2.05) is 23.5 Å². The third-order valence-corrected chi connectivity index (χ3v) is 4.25. The normalized spacial score (nSPS) is 26.0. The number of rotatable bonds is 4. The van der Waals surface area contributed by atoms with Gasteiger partial charge in [0.2, 0.25) is 0 Å². The molecule has 0 bridgehead atoms. The first kappa shape index (κ1) is 10.9. The van der Waals surface area contributed by atoms with Gasteiger partial charge in [-0.3, -0.25) is 0 Å². The fraction of sp³-hybridized carbons (Fsp3) is 0.889. The van der Waals surface area contributed by atoms with Gasteiger partial charge in [-0.05, 0) is 43.0 Å². The van der Waals surface area contributed by atoms with Crippen molar-refractivity contribution in [1.82, 2.24) is 25.5 Å². The lowest BCUT2D eigenvalue weighted by Crippen LogP contribution is -2.26. The van der Waals surface area contributed by atoms with Crippen LogP contribution in [0.3, 0.4) is 0 Å². The molecule has 0 amide bonds. The van der Waals surface area contributed by atoms with E-state index in [0.29, 0.717) is 4.75 Å². The molecule has 1 aliphatic rings. The summed E-state index contributed by atoms with van der Waals surface area (Å²) in [4.78, 5) is 0. The molecule has 0 aliphatic carbocycles. The number of thioether (sulfide) groups is 1. The Morgan fingerprint density at radius 2 is 2.47 bits per heavy atom. The molecule has 1 aromatic rings. The number of nitrogens with zero attached hydrogens (tertiary/aromatic N) is 4. The Hall–Kier alpha value is -0.620. The van der Waals surface area contributed by atoms with Crippen molar-refractivity contribution in [3.8, 4) is 0 Å². The predicted octanol–water partition coefficient (Wildman–Crippen LogP) is 0.678. The monoisotopic (exact) mass is 227 g/mol. The second-order valence-corrected chi connectivity index (χ2v) is 5.87. The van der Waals surface area contributed by atoms with Crippen molar-refractivity contribution in [2.75, 3.05) is 12.8 Å². The van der Waals surface area contributed by atoms with Crippen molar-refractivity contribution < 1.29 is 0 Å². The van der Waals surface area contributed by atoms with Crippen molar-refractivity contribution in [2.45, 2.75) is 37.6 Å². The first-order valence-electron chi connectivity index (χ1n) is 5.27. The summed E-state index contributed by atoms with van der Waals surface area (Å²) in [7, 11) is 1.91. The highest BCUT2D eigenvalue weighted by atomic mass is 32.2. The molecular weight excluding hydrogens is 210 g/mol. The zero-order valence-corrected chi connectivity index (χ0v) is 10.0. The zero-order chi connectivity index (χ0) is 10.7. The summed E-state index contributed by atoms with van der Waals surface area (Å²) in [6.07, 6.45) is 2.57. The van der Waals surface area contributed by atoms with Gasteiger partial charge in [-0.15, -0.1) is 5.10 Å².